The molecule has 25 heavy (non-hydrogen) atoms. The van der Waals surface area contributed by atoms with Crippen LogP contribution in [0.2, 0.25) is 0 Å². The van der Waals surface area contributed by atoms with Crippen molar-refractivity contribution in [2.75, 3.05) is 0 Å². The van der Waals surface area contributed by atoms with E-state index in [1.54, 1.807) is 36.5 Å². The standard InChI is InChI=1S/C21H19N3O/c22-21(24-19-8-10-20(25)11-9-19)12-7-16-3-5-17(6-4-16)14-18-2-1-13-23-15-18/h1-13,15,25H,14H2,(H2,22,24). The molecule has 1 aromatic heterocycles. The highest BCUT2D eigenvalue weighted by molar-refractivity contribution is 5.96. The van der Waals surface area contributed by atoms with Gasteiger partial charge in [0.15, 0.2) is 0 Å². The van der Waals surface area contributed by atoms with Crippen LogP contribution in [0, 0.1) is 0 Å². The molecule has 3 aromatic rings. The van der Waals surface area contributed by atoms with Crippen LogP contribution in [0.1, 0.15) is 16.7 Å². The van der Waals surface area contributed by atoms with Crippen molar-refractivity contribution in [2.45, 2.75) is 6.42 Å². The van der Waals surface area contributed by atoms with Gasteiger partial charge in [-0.3, -0.25) is 4.98 Å². The number of phenolic OH excluding ortho intramolecular Hbond substituents is 1. The minimum atomic E-state index is 0.208. The van der Waals surface area contributed by atoms with E-state index < -0.39 is 0 Å². The quantitative estimate of drug-likeness (QED) is 0.547. The zero-order chi connectivity index (χ0) is 17.5. The minimum absolute atomic E-state index is 0.208. The molecule has 4 heteroatoms. The van der Waals surface area contributed by atoms with Gasteiger partial charge in [-0.1, -0.05) is 36.4 Å². The van der Waals surface area contributed by atoms with Crippen LogP contribution in [0.25, 0.3) is 6.08 Å². The van der Waals surface area contributed by atoms with E-state index >= 15 is 0 Å². The van der Waals surface area contributed by atoms with Crippen molar-refractivity contribution < 1.29 is 5.11 Å². The third-order valence-electron chi connectivity index (χ3n) is 3.67. The number of amidine groups is 1. The average Bonchev–Trinajstić information content (AvgIpc) is 2.64. The lowest BCUT2D eigenvalue weighted by Gasteiger charge is -2.02. The zero-order valence-corrected chi connectivity index (χ0v) is 13.7. The second-order valence-electron chi connectivity index (χ2n) is 5.67. The molecule has 0 spiro atoms. The Morgan fingerprint density at radius 3 is 2.44 bits per heavy atom. The summed E-state index contributed by atoms with van der Waals surface area (Å²) >= 11 is 0. The molecule has 0 aliphatic rings. The minimum Gasteiger partial charge on any atom is -0.508 e. The van der Waals surface area contributed by atoms with Crippen LogP contribution >= 0.6 is 0 Å². The predicted molar refractivity (Wildman–Crippen MR) is 102 cm³/mol. The van der Waals surface area contributed by atoms with Crippen molar-refractivity contribution in [3.8, 4) is 5.75 Å². The largest absolute Gasteiger partial charge is 0.508 e. The number of pyridine rings is 1. The normalized spacial score (nSPS) is 11.8. The number of rotatable bonds is 5. The number of hydrogen-bond acceptors (Lipinski definition) is 3. The number of nitrogens with two attached hydrogens (primary N) is 1. The van der Waals surface area contributed by atoms with Crippen molar-refractivity contribution in [3.05, 3.63) is 95.8 Å². The van der Waals surface area contributed by atoms with Crippen molar-refractivity contribution >= 4 is 17.6 Å². The first kappa shape index (κ1) is 16.5. The van der Waals surface area contributed by atoms with Crippen LogP contribution < -0.4 is 5.73 Å². The zero-order valence-electron chi connectivity index (χ0n) is 13.7. The van der Waals surface area contributed by atoms with E-state index in [1.165, 1.54) is 11.1 Å². The summed E-state index contributed by atoms with van der Waals surface area (Å²) in [6.45, 7) is 0. The first-order valence-corrected chi connectivity index (χ1v) is 7.98. The highest BCUT2D eigenvalue weighted by Gasteiger charge is 1.97. The summed E-state index contributed by atoms with van der Waals surface area (Å²) in [5.74, 6) is 0.615. The molecule has 2 aromatic carbocycles. The topological polar surface area (TPSA) is 71.5 Å². The highest BCUT2D eigenvalue weighted by atomic mass is 16.3. The van der Waals surface area contributed by atoms with Gasteiger partial charge in [0.25, 0.3) is 0 Å². The fraction of sp³-hybridized carbons (Fsp3) is 0.0476. The Morgan fingerprint density at radius 1 is 1.00 bits per heavy atom. The first-order chi connectivity index (χ1) is 12.2. The van der Waals surface area contributed by atoms with Crippen LogP contribution in [0.15, 0.2) is 84.1 Å². The van der Waals surface area contributed by atoms with E-state index in [1.807, 2.05) is 18.3 Å². The highest BCUT2D eigenvalue weighted by Crippen LogP contribution is 2.16. The van der Waals surface area contributed by atoms with Gasteiger partial charge in [-0.05, 0) is 59.5 Å². The molecule has 0 aliphatic carbocycles. The number of phenols is 1. The Hall–Kier alpha value is -3.40. The smallest absolute Gasteiger partial charge is 0.124 e. The van der Waals surface area contributed by atoms with E-state index in [0.29, 0.717) is 11.5 Å². The van der Waals surface area contributed by atoms with E-state index in [4.69, 9.17) is 5.73 Å². The number of aromatic hydroxyl groups is 1. The average molecular weight is 329 g/mol. The molecule has 0 bridgehead atoms. The maximum atomic E-state index is 9.26. The molecule has 124 valence electrons. The van der Waals surface area contributed by atoms with Gasteiger partial charge < -0.3 is 10.8 Å². The second kappa shape index (κ2) is 7.93. The van der Waals surface area contributed by atoms with Crippen molar-refractivity contribution in [3.63, 3.8) is 0 Å². The van der Waals surface area contributed by atoms with Gasteiger partial charge in [-0.25, -0.2) is 4.99 Å². The molecular formula is C21H19N3O. The number of aliphatic imine (C=N–C) groups is 1. The van der Waals surface area contributed by atoms with Gasteiger partial charge >= 0.3 is 0 Å². The van der Waals surface area contributed by atoms with Gasteiger partial charge in [0, 0.05) is 12.4 Å². The predicted octanol–water partition coefficient (Wildman–Crippen LogP) is 4.08. The summed E-state index contributed by atoms with van der Waals surface area (Å²) in [6, 6.07) is 18.9. The van der Waals surface area contributed by atoms with E-state index in [-0.39, 0.29) is 5.75 Å². The summed E-state index contributed by atoms with van der Waals surface area (Å²) in [5.41, 5.74) is 10.1. The fourth-order valence-electron chi connectivity index (χ4n) is 2.38. The van der Waals surface area contributed by atoms with Gasteiger partial charge in [-0.15, -0.1) is 0 Å². The Bertz CT molecular complexity index is 867. The summed E-state index contributed by atoms with van der Waals surface area (Å²) in [5, 5.41) is 9.26. The van der Waals surface area contributed by atoms with E-state index in [9.17, 15) is 5.11 Å². The number of hydrogen-bond donors (Lipinski definition) is 2. The number of aromatic nitrogens is 1. The van der Waals surface area contributed by atoms with E-state index in [2.05, 4.69) is 40.3 Å². The Morgan fingerprint density at radius 2 is 1.76 bits per heavy atom. The summed E-state index contributed by atoms with van der Waals surface area (Å²) < 4.78 is 0. The number of nitrogens with zero attached hydrogens (tertiary/aromatic N) is 2. The maximum absolute atomic E-state index is 9.26. The summed E-state index contributed by atoms with van der Waals surface area (Å²) in [4.78, 5) is 8.41. The van der Waals surface area contributed by atoms with E-state index in [0.717, 1.165) is 12.0 Å². The van der Waals surface area contributed by atoms with Crippen LogP contribution in [-0.4, -0.2) is 15.9 Å². The SMILES string of the molecule is NC(C=Cc1ccc(Cc2cccnc2)cc1)=Nc1ccc(O)cc1. The fourth-order valence-corrected chi connectivity index (χ4v) is 2.38. The molecule has 3 rings (SSSR count). The molecule has 3 N–H and O–H groups in total. The molecule has 0 saturated carbocycles. The summed E-state index contributed by atoms with van der Waals surface area (Å²) in [7, 11) is 0. The molecule has 0 aliphatic heterocycles. The van der Waals surface area contributed by atoms with Gasteiger partial charge in [-0.2, -0.15) is 0 Å². The van der Waals surface area contributed by atoms with Gasteiger partial charge in [0.05, 0.1) is 5.69 Å². The van der Waals surface area contributed by atoms with Gasteiger partial charge in [0.2, 0.25) is 0 Å². The molecule has 0 saturated heterocycles. The van der Waals surface area contributed by atoms with Crippen molar-refractivity contribution in [2.24, 2.45) is 10.7 Å². The molecular weight excluding hydrogens is 310 g/mol. The lowest BCUT2D eigenvalue weighted by molar-refractivity contribution is 0.475. The lowest BCUT2D eigenvalue weighted by Crippen LogP contribution is -2.06. The third-order valence-corrected chi connectivity index (χ3v) is 3.67. The van der Waals surface area contributed by atoms with Crippen LogP contribution in [-0.2, 0) is 6.42 Å². The summed E-state index contributed by atoms with van der Waals surface area (Å²) in [6.07, 6.45) is 8.22. The molecule has 4 nitrogen and oxygen atoms in total. The molecule has 1 heterocycles. The number of benzene rings is 2. The first-order valence-electron chi connectivity index (χ1n) is 7.98. The Balaban J connectivity index is 1.64. The Labute approximate surface area is 147 Å². The molecule has 0 amide bonds. The second-order valence-corrected chi connectivity index (χ2v) is 5.67. The molecule has 0 radical (unpaired) electrons. The Kier molecular flexibility index (Phi) is 5.22. The molecule has 0 atom stereocenters. The van der Waals surface area contributed by atoms with Crippen molar-refractivity contribution in [1.29, 1.82) is 0 Å². The third kappa shape index (κ3) is 5.04. The van der Waals surface area contributed by atoms with Crippen LogP contribution in [0.4, 0.5) is 5.69 Å². The van der Waals surface area contributed by atoms with Crippen molar-refractivity contribution in [1.82, 2.24) is 4.98 Å². The lowest BCUT2D eigenvalue weighted by atomic mass is 10.0. The molecule has 0 unspecified atom stereocenters. The van der Waals surface area contributed by atoms with Gasteiger partial charge in [0.1, 0.15) is 11.6 Å². The van der Waals surface area contributed by atoms with Crippen LogP contribution in [0.5, 0.6) is 5.75 Å². The molecule has 0 fully saturated rings. The monoisotopic (exact) mass is 329 g/mol. The maximum Gasteiger partial charge on any atom is 0.124 e. The van der Waals surface area contributed by atoms with Crippen LogP contribution in [0.3, 0.4) is 0 Å².